The number of thiophene rings is 2. The molecular weight excluding hydrogens is 258 g/mol. The van der Waals surface area contributed by atoms with Crippen LogP contribution >= 0.6 is 22.7 Å². The Labute approximate surface area is 106 Å². The third-order valence-corrected chi connectivity index (χ3v) is 3.74. The number of anilines is 1. The van der Waals surface area contributed by atoms with Gasteiger partial charge in [-0.2, -0.15) is 11.3 Å². The molecular formula is C11H9NO3S2. The van der Waals surface area contributed by atoms with Crippen LogP contribution in [0.25, 0.3) is 0 Å². The van der Waals surface area contributed by atoms with Crippen molar-refractivity contribution in [3.05, 3.63) is 39.4 Å². The molecule has 0 saturated carbocycles. The van der Waals surface area contributed by atoms with E-state index in [0.717, 1.165) is 16.9 Å². The van der Waals surface area contributed by atoms with Gasteiger partial charge in [0.15, 0.2) is 0 Å². The molecule has 88 valence electrons. The van der Waals surface area contributed by atoms with Crippen LogP contribution in [-0.4, -0.2) is 17.0 Å². The highest BCUT2D eigenvalue weighted by Crippen LogP contribution is 2.22. The van der Waals surface area contributed by atoms with Gasteiger partial charge in [-0.1, -0.05) is 0 Å². The fourth-order valence-electron chi connectivity index (χ4n) is 1.28. The number of hydrogen-bond donors (Lipinski definition) is 2. The smallest absolute Gasteiger partial charge is 0.345 e. The Balaban J connectivity index is 1.96. The quantitative estimate of drug-likeness (QED) is 0.895. The van der Waals surface area contributed by atoms with Crippen LogP contribution in [0.5, 0.6) is 0 Å². The molecule has 6 heteroatoms. The van der Waals surface area contributed by atoms with Gasteiger partial charge >= 0.3 is 5.97 Å². The third-order valence-electron chi connectivity index (χ3n) is 2.02. The summed E-state index contributed by atoms with van der Waals surface area (Å²) in [7, 11) is 0. The molecule has 2 heterocycles. The molecule has 4 nitrogen and oxygen atoms in total. The number of carbonyl (C=O) groups is 2. The minimum Gasteiger partial charge on any atom is -0.477 e. The molecule has 0 saturated heterocycles. The molecule has 0 radical (unpaired) electrons. The summed E-state index contributed by atoms with van der Waals surface area (Å²) < 4.78 is 0. The van der Waals surface area contributed by atoms with E-state index in [2.05, 4.69) is 5.32 Å². The fourth-order valence-corrected chi connectivity index (χ4v) is 2.71. The first-order valence-corrected chi connectivity index (χ1v) is 6.55. The topological polar surface area (TPSA) is 66.4 Å². The molecule has 0 fully saturated rings. The molecule has 2 aromatic heterocycles. The average molecular weight is 267 g/mol. The van der Waals surface area contributed by atoms with Crippen molar-refractivity contribution in [3.63, 3.8) is 0 Å². The molecule has 0 bridgehead atoms. The van der Waals surface area contributed by atoms with E-state index in [0.29, 0.717) is 11.4 Å². The van der Waals surface area contributed by atoms with Crippen molar-refractivity contribution in [2.45, 2.75) is 6.42 Å². The Morgan fingerprint density at radius 1 is 1.29 bits per heavy atom. The first kappa shape index (κ1) is 11.8. The molecule has 0 aliphatic rings. The van der Waals surface area contributed by atoms with Gasteiger partial charge in [-0.05, 0) is 34.5 Å². The number of nitrogens with one attached hydrogen (secondary N) is 1. The van der Waals surface area contributed by atoms with Crippen LogP contribution in [0.2, 0.25) is 0 Å². The zero-order valence-corrected chi connectivity index (χ0v) is 10.3. The number of hydrogen-bond acceptors (Lipinski definition) is 4. The van der Waals surface area contributed by atoms with Gasteiger partial charge in [0.2, 0.25) is 5.91 Å². The van der Waals surface area contributed by atoms with Crippen LogP contribution in [0.1, 0.15) is 15.2 Å². The minimum atomic E-state index is -0.978. The Morgan fingerprint density at radius 2 is 2.12 bits per heavy atom. The summed E-state index contributed by atoms with van der Waals surface area (Å²) >= 11 is 2.59. The SMILES string of the molecule is O=C(Cc1ccsc1)Nc1ccc(C(=O)O)s1. The van der Waals surface area contributed by atoms with Crippen LogP contribution in [-0.2, 0) is 11.2 Å². The second-order valence-electron chi connectivity index (χ2n) is 3.33. The highest BCUT2D eigenvalue weighted by atomic mass is 32.1. The third kappa shape index (κ3) is 3.15. The summed E-state index contributed by atoms with van der Waals surface area (Å²) in [6.07, 6.45) is 0.309. The van der Waals surface area contributed by atoms with Gasteiger partial charge in [0.1, 0.15) is 4.88 Å². The maximum Gasteiger partial charge on any atom is 0.345 e. The Bertz CT molecular complexity index is 531. The monoisotopic (exact) mass is 267 g/mol. The van der Waals surface area contributed by atoms with Gasteiger partial charge in [-0.25, -0.2) is 4.79 Å². The zero-order chi connectivity index (χ0) is 12.3. The molecule has 17 heavy (non-hydrogen) atoms. The second kappa shape index (κ2) is 5.11. The van der Waals surface area contributed by atoms with Crippen LogP contribution in [0.15, 0.2) is 29.0 Å². The van der Waals surface area contributed by atoms with E-state index >= 15 is 0 Å². The van der Waals surface area contributed by atoms with Gasteiger partial charge in [0.25, 0.3) is 0 Å². The predicted molar refractivity (Wildman–Crippen MR) is 67.9 cm³/mol. The number of carbonyl (C=O) groups excluding carboxylic acids is 1. The Kier molecular flexibility index (Phi) is 3.55. The van der Waals surface area contributed by atoms with Crippen molar-refractivity contribution in [1.29, 1.82) is 0 Å². The first-order chi connectivity index (χ1) is 8.15. The number of carboxylic acid groups (broad SMARTS) is 1. The van der Waals surface area contributed by atoms with E-state index in [1.165, 1.54) is 6.07 Å². The lowest BCUT2D eigenvalue weighted by atomic mass is 10.2. The summed E-state index contributed by atoms with van der Waals surface area (Å²) in [5.41, 5.74) is 0.961. The zero-order valence-electron chi connectivity index (χ0n) is 8.67. The van der Waals surface area contributed by atoms with Crippen LogP contribution in [0, 0.1) is 0 Å². The summed E-state index contributed by atoms with van der Waals surface area (Å²) in [5.74, 6) is -1.12. The molecule has 0 spiro atoms. The number of rotatable bonds is 4. The molecule has 0 aliphatic heterocycles. The summed E-state index contributed by atoms with van der Waals surface area (Å²) in [6, 6.07) is 4.97. The second-order valence-corrected chi connectivity index (χ2v) is 5.19. The van der Waals surface area contributed by atoms with E-state index in [9.17, 15) is 9.59 Å². The van der Waals surface area contributed by atoms with Crippen LogP contribution in [0.4, 0.5) is 5.00 Å². The summed E-state index contributed by atoms with van der Waals surface area (Å²) in [4.78, 5) is 22.5. The van der Waals surface area contributed by atoms with Crippen LogP contribution in [0.3, 0.4) is 0 Å². The van der Waals surface area contributed by atoms with E-state index < -0.39 is 5.97 Å². The van der Waals surface area contributed by atoms with E-state index in [4.69, 9.17) is 5.11 Å². The average Bonchev–Trinajstić information content (AvgIpc) is 2.88. The Morgan fingerprint density at radius 3 is 2.71 bits per heavy atom. The molecule has 1 amide bonds. The molecule has 2 rings (SSSR count). The van der Waals surface area contributed by atoms with Gasteiger partial charge in [-0.3, -0.25) is 4.79 Å². The van der Waals surface area contributed by atoms with Gasteiger partial charge in [-0.15, -0.1) is 11.3 Å². The van der Waals surface area contributed by atoms with Crippen molar-refractivity contribution >= 4 is 39.6 Å². The highest BCUT2D eigenvalue weighted by molar-refractivity contribution is 7.18. The minimum absolute atomic E-state index is 0.137. The number of amides is 1. The van der Waals surface area contributed by atoms with E-state index in [1.807, 2.05) is 16.8 Å². The number of aromatic carboxylic acids is 1. The van der Waals surface area contributed by atoms with E-state index in [1.54, 1.807) is 17.4 Å². The fraction of sp³-hybridized carbons (Fsp3) is 0.0909. The van der Waals surface area contributed by atoms with Crippen molar-refractivity contribution in [1.82, 2.24) is 0 Å². The molecule has 2 aromatic rings. The van der Waals surface area contributed by atoms with Gasteiger partial charge in [0, 0.05) is 0 Å². The number of carboxylic acids is 1. The first-order valence-electron chi connectivity index (χ1n) is 4.79. The predicted octanol–water partition coefficient (Wildman–Crippen LogP) is 2.69. The lowest BCUT2D eigenvalue weighted by Crippen LogP contribution is -2.12. The lowest BCUT2D eigenvalue weighted by Gasteiger charge is -2.00. The van der Waals surface area contributed by atoms with Gasteiger partial charge < -0.3 is 10.4 Å². The standard InChI is InChI=1S/C11H9NO3S2/c13-9(5-7-3-4-16-6-7)12-10-2-1-8(17-10)11(14)15/h1-4,6H,5H2,(H,12,13)(H,14,15). The Hall–Kier alpha value is -1.66. The normalized spacial score (nSPS) is 10.1. The molecule has 2 N–H and O–H groups in total. The van der Waals surface area contributed by atoms with Crippen molar-refractivity contribution < 1.29 is 14.7 Å². The molecule has 0 atom stereocenters. The maximum absolute atomic E-state index is 11.6. The van der Waals surface area contributed by atoms with Crippen molar-refractivity contribution in [2.75, 3.05) is 5.32 Å². The van der Waals surface area contributed by atoms with Crippen LogP contribution < -0.4 is 5.32 Å². The summed E-state index contributed by atoms with van der Waals surface area (Å²) in [6.45, 7) is 0. The summed E-state index contributed by atoms with van der Waals surface area (Å²) in [5, 5.41) is 15.8. The molecule has 0 aliphatic carbocycles. The maximum atomic E-state index is 11.6. The largest absolute Gasteiger partial charge is 0.477 e. The van der Waals surface area contributed by atoms with E-state index in [-0.39, 0.29) is 10.8 Å². The van der Waals surface area contributed by atoms with Crippen molar-refractivity contribution in [2.24, 2.45) is 0 Å². The van der Waals surface area contributed by atoms with Gasteiger partial charge in [0.05, 0.1) is 11.4 Å². The van der Waals surface area contributed by atoms with Crippen molar-refractivity contribution in [3.8, 4) is 0 Å². The highest BCUT2D eigenvalue weighted by Gasteiger charge is 2.09. The lowest BCUT2D eigenvalue weighted by molar-refractivity contribution is -0.115. The molecule has 0 unspecified atom stereocenters. The molecule has 0 aromatic carbocycles.